The van der Waals surface area contributed by atoms with Crippen molar-refractivity contribution in [2.24, 2.45) is 0 Å². The van der Waals surface area contributed by atoms with E-state index in [2.05, 4.69) is 25.8 Å². The normalized spacial score (nSPS) is 11.2. The summed E-state index contributed by atoms with van der Waals surface area (Å²) in [7, 11) is 0. The Balaban J connectivity index is 1.39. The van der Waals surface area contributed by atoms with E-state index < -0.39 is 0 Å². The van der Waals surface area contributed by atoms with Crippen molar-refractivity contribution in [2.45, 2.75) is 32.0 Å². The van der Waals surface area contributed by atoms with E-state index >= 15 is 0 Å². The molecular weight excluding hydrogens is 392 g/mol. The highest BCUT2D eigenvalue weighted by Gasteiger charge is 2.17. The summed E-state index contributed by atoms with van der Waals surface area (Å²) in [6.45, 7) is 4.60. The number of H-pyrrole nitrogens is 1. The van der Waals surface area contributed by atoms with Crippen molar-refractivity contribution >= 4 is 28.9 Å². The minimum absolute atomic E-state index is 0.0772. The molecule has 8 heteroatoms. The summed E-state index contributed by atoms with van der Waals surface area (Å²) < 4.78 is 7.53. The summed E-state index contributed by atoms with van der Waals surface area (Å²) >= 11 is 3.05. The topological polar surface area (TPSA) is 76.7 Å². The average molecular weight is 413 g/mol. The number of carbonyl (C=O) groups excluding carboxylic acids is 1. The number of aromatic nitrogens is 4. The maximum absolute atomic E-state index is 12.7. The van der Waals surface area contributed by atoms with Gasteiger partial charge in [-0.15, -0.1) is 16.4 Å². The van der Waals surface area contributed by atoms with E-state index in [9.17, 15) is 4.79 Å². The van der Waals surface area contributed by atoms with Crippen LogP contribution in [0, 0.1) is 13.8 Å². The third kappa shape index (κ3) is 4.13. The largest absolute Gasteiger partial charge is 0.467 e. The highest BCUT2D eigenvalue weighted by molar-refractivity contribution is 7.99. The summed E-state index contributed by atoms with van der Waals surface area (Å²) in [6, 6.07) is 9.85. The van der Waals surface area contributed by atoms with Gasteiger partial charge in [-0.2, -0.15) is 0 Å². The lowest BCUT2D eigenvalue weighted by atomic mass is 10.2. The summed E-state index contributed by atoms with van der Waals surface area (Å²) in [5, 5.41) is 9.82. The van der Waals surface area contributed by atoms with Gasteiger partial charge in [0.05, 0.1) is 18.6 Å². The summed E-state index contributed by atoms with van der Waals surface area (Å²) in [4.78, 5) is 18.5. The van der Waals surface area contributed by atoms with Crippen LogP contribution >= 0.6 is 23.1 Å². The molecule has 0 unspecified atom stereocenters. The lowest BCUT2D eigenvalue weighted by Crippen LogP contribution is -2.07. The standard InChI is InChI=1S/C20H20N4O2S2/c1-13-9-17(14(2)24(13)11-15-5-3-7-26-15)18(25)12-28-20-21-19(22-23-20)10-16-6-4-8-27-16/h3-9H,10-12H2,1-2H3,(H,21,22,23). The van der Waals surface area contributed by atoms with Crippen LogP contribution in [0.5, 0.6) is 0 Å². The van der Waals surface area contributed by atoms with Gasteiger partial charge in [0.2, 0.25) is 5.16 Å². The van der Waals surface area contributed by atoms with Crippen LogP contribution in [0.4, 0.5) is 0 Å². The Morgan fingerprint density at radius 3 is 2.96 bits per heavy atom. The number of aromatic amines is 1. The fourth-order valence-corrected chi connectivity index (χ4v) is 4.50. The Hall–Kier alpha value is -2.58. The molecule has 0 amide bonds. The van der Waals surface area contributed by atoms with E-state index in [1.54, 1.807) is 17.6 Å². The molecule has 0 aliphatic carbocycles. The highest BCUT2D eigenvalue weighted by atomic mass is 32.2. The Bertz CT molecular complexity index is 1060. The van der Waals surface area contributed by atoms with Crippen molar-refractivity contribution in [3.63, 3.8) is 0 Å². The van der Waals surface area contributed by atoms with Gasteiger partial charge in [0.15, 0.2) is 5.78 Å². The number of thiophene rings is 1. The molecule has 0 fully saturated rings. The smallest absolute Gasteiger partial charge is 0.208 e. The highest BCUT2D eigenvalue weighted by Crippen LogP contribution is 2.22. The number of Topliss-reactive ketones (excluding diaryl/α,β-unsaturated/α-hetero) is 1. The zero-order valence-electron chi connectivity index (χ0n) is 15.6. The zero-order valence-corrected chi connectivity index (χ0v) is 17.3. The van der Waals surface area contributed by atoms with Crippen LogP contribution in [0.1, 0.15) is 38.2 Å². The second-order valence-electron chi connectivity index (χ2n) is 6.48. The Morgan fingerprint density at radius 1 is 1.32 bits per heavy atom. The first-order chi connectivity index (χ1) is 13.6. The molecule has 0 bridgehead atoms. The van der Waals surface area contributed by atoms with Crippen LogP contribution < -0.4 is 0 Å². The van der Waals surface area contributed by atoms with Crippen molar-refractivity contribution in [1.82, 2.24) is 19.7 Å². The van der Waals surface area contributed by atoms with Gasteiger partial charge in [-0.25, -0.2) is 4.98 Å². The fraction of sp³-hybridized carbons (Fsp3) is 0.250. The van der Waals surface area contributed by atoms with Crippen LogP contribution in [0.25, 0.3) is 0 Å². The van der Waals surface area contributed by atoms with E-state index in [-0.39, 0.29) is 5.78 Å². The second kappa shape index (κ2) is 8.20. The lowest BCUT2D eigenvalue weighted by molar-refractivity contribution is 0.102. The average Bonchev–Trinajstić information content (AvgIpc) is 3.47. The number of carbonyl (C=O) groups is 1. The van der Waals surface area contributed by atoms with Gasteiger partial charge in [0.25, 0.3) is 0 Å². The molecule has 4 rings (SSSR count). The molecule has 0 aliphatic rings. The van der Waals surface area contributed by atoms with E-state index in [0.717, 1.165) is 35.0 Å². The van der Waals surface area contributed by atoms with Crippen molar-refractivity contribution < 1.29 is 9.21 Å². The summed E-state index contributed by atoms with van der Waals surface area (Å²) in [6.07, 6.45) is 2.39. The van der Waals surface area contributed by atoms with Crippen molar-refractivity contribution in [3.05, 3.63) is 75.4 Å². The van der Waals surface area contributed by atoms with Gasteiger partial charge in [0.1, 0.15) is 11.6 Å². The molecule has 0 saturated heterocycles. The SMILES string of the molecule is Cc1cc(C(=O)CSc2n[nH]c(Cc3cccs3)n2)c(C)n1Cc1ccco1. The number of nitrogens with zero attached hydrogens (tertiary/aromatic N) is 3. The van der Waals surface area contributed by atoms with Crippen LogP contribution in [0.15, 0.2) is 51.5 Å². The molecule has 4 heterocycles. The maximum atomic E-state index is 12.7. The van der Waals surface area contributed by atoms with Gasteiger partial charge in [-0.1, -0.05) is 17.8 Å². The summed E-state index contributed by atoms with van der Waals surface area (Å²) in [5.41, 5.74) is 2.73. The van der Waals surface area contributed by atoms with Crippen LogP contribution in [0.2, 0.25) is 0 Å². The third-order valence-electron chi connectivity index (χ3n) is 4.53. The molecule has 4 aromatic heterocycles. The number of thioether (sulfide) groups is 1. The molecule has 0 saturated carbocycles. The van der Waals surface area contributed by atoms with Gasteiger partial charge in [-0.3, -0.25) is 9.89 Å². The molecule has 0 atom stereocenters. The molecule has 0 aliphatic heterocycles. The van der Waals surface area contributed by atoms with Gasteiger partial charge in [0, 0.05) is 28.2 Å². The number of nitrogens with one attached hydrogen (secondary N) is 1. The second-order valence-corrected chi connectivity index (χ2v) is 8.46. The predicted octanol–water partition coefficient (Wildman–Crippen LogP) is 4.49. The van der Waals surface area contributed by atoms with E-state index in [1.165, 1.54) is 16.6 Å². The molecular formula is C20H20N4O2S2. The first-order valence-corrected chi connectivity index (χ1v) is 10.8. The predicted molar refractivity (Wildman–Crippen MR) is 110 cm³/mol. The van der Waals surface area contributed by atoms with Gasteiger partial charge >= 0.3 is 0 Å². The monoisotopic (exact) mass is 412 g/mol. The molecule has 0 aromatic carbocycles. The van der Waals surface area contributed by atoms with Crippen molar-refractivity contribution in [1.29, 1.82) is 0 Å². The quantitative estimate of drug-likeness (QED) is 0.341. The Kier molecular flexibility index (Phi) is 5.50. The van der Waals surface area contributed by atoms with Gasteiger partial charge < -0.3 is 8.98 Å². The Labute approximate surface area is 171 Å². The first-order valence-electron chi connectivity index (χ1n) is 8.89. The van der Waals surface area contributed by atoms with E-state index in [1.807, 2.05) is 43.5 Å². The van der Waals surface area contributed by atoms with Crippen LogP contribution in [-0.4, -0.2) is 31.3 Å². The fourth-order valence-electron chi connectivity index (χ4n) is 3.09. The van der Waals surface area contributed by atoms with E-state index in [0.29, 0.717) is 17.5 Å². The molecule has 144 valence electrons. The molecule has 0 radical (unpaired) electrons. The summed E-state index contributed by atoms with van der Waals surface area (Å²) in [5.74, 6) is 2.07. The first kappa shape index (κ1) is 18.8. The number of ketones is 1. The van der Waals surface area contributed by atoms with Crippen molar-refractivity contribution in [3.8, 4) is 0 Å². The van der Waals surface area contributed by atoms with Crippen LogP contribution in [-0.2, 0) is 13.0 Å². The number of rotatable bonds is 8. The number of aryl methyl sites for hydroxylation is 1. The van der Waals surface area contributed by atoms with E-state index in [4.69, 9.17) is 4.42 Å². The minimum atomic E-state index is 0.0772. The van der Waals surface area contributed by atoms with Gasteiger partial charge in [-0.05, 0) is 43.5 Å². The third-order valence-corrected chi connectivity index (χ3v) is 6.26. The number of hydrogen-bond acceptors (Lipinski definition) is 6. The zero-order chi connectivity index (χ0) is 19.5. The van der Waals surface area contributed by atoms with Crippen LogP contribution in [0.3, 0.4) is 0 Å². The molecule has 1 N–H and O–H groups in total. The lowest BCUT2D eigenvalue weighted by Gasteiger charge is -2.07. The maximum Gasteiger partial charge on any atom is 0.208 e. The Morgan fingerprint density at radius 2 is 2.21 bits per heavy atom. The minimum Gasteiger partial charge on any atom is -0.467 e. The molecule has 4 aromatic rings. The molecule has 28 heavy (non-hydrogen) atoms. The molecule has 6 nitrogen and oxygen atoms in total. The molecule has 0 spiro atoms. The number of furan rings is 1. The number of hydrogen-bond donors (Lipinski definition) is 1. The van der Waals surface area contributed by atoms with Crippen molar-refractivity contribution in [2.75, 3.05) is 5.75 Å².